The first-order valence-electron chi connectivity index (χ1n) is 10.3. The Kier molecular flexibility index (Phi) is 4.38. The van der Waals surface area contributed by atoms with Crippen LogP contribution in [0.25, 0.3) is 10.9 Å². The number of benzene rings is 2. The van der Waals surface area contributed by atoms with Crippen molar-refractivity contribution in [2.45, 2.75) is 25.7 Å². The van der Waals surface area contributed by atoms with Gasteiger partial charge in [0.25, 0.3) is 0 Å². The third-order valence-electron chi connectivity index (χ3n) is 6.68. The summed E-state index contributed by atoms with van der Waals surface area (Å²) in [5.74, 6) is 0.374. The minimum atomic E-state index is 0.0774. The van der Waals surface area contributed by atoms with E-state index in [1.807, 2.05) is 59.6 Å². The summed E-state index contributed by atoms with van der Waals surface area (Å²) in [6, 6.07) is 17.7. The maximum absolute atomic E-state index is 12.8. The van der Waals surface area contributed by atoms with Gasteiger partial charge in [-0.3, -0.25) is 9.59 Å². The van der Waals surface area contributed by atoms with Gasteiger partial charge in [0.05, 0.1) is 6.42 Å². The lowest BCUT2D eigenvalue weighted by Crippen LogP contribution is -2.41. The van der Waals surface area contributed by atoms with Gasteiger partial charge in [0.1, 0.15) is 0 Å². The van der Waals surface area contributed by atoms with Gasteiger partial charge in [0, 0.05) is 41.8 Å². The van der Waals surface area contributed by atoms with Gasteiger partial charge in [-0.05, 0) is 48.4 Å². The van der Waals surface area contributed by atoms with Crippen LogP contribution in [0.1, 0.15) is 24.8 Å². The molecule has 2 heterocycles. The number of nitrogens with zero attached hydrogens (tertiary/aromatic N) is 1. The number of carbonyl (C=O) groups is 2. The second-order valence-corrected chi connectivity index (χ2v) is 8.39. The Labute approximate surface area is 170 Å². The van der Waals surface area contributed by atoms with E-state index in [4.69, 9.17) is 0 Å². The third kappa shape index (κ3) is 3.41. The molecule has 2 N–H and O–H groups in total. The van der Waals surface area contributed by atoms with Crippen molar-refractivity contribution < 1.29 is 9.59 Å². The van der Waals surface area contributed by atoms with Crippen molar-refractivity contribution in [1.82, 2.24) is 9.88 Å². The number of aromatic amines is 1. The Morgan fingerprint density at radius 2 is 1.76 bits per heavy atom. The van der Waals surface area contributed by atoms with E-state index < -0.39 is 0 Å². The molecule has 1 aromatic heterocycles. The topological polar surface area (TPSA) is 65.2 Å². The van der Waals surface area contributed by atoms with E-state index in [1.54, 1.807) is 0 Å². The number of H-pyrrole nitrogens is 1. The molecule has 1 saturated carbocycles. The molecule has 5 heteroatoms. The van der Waals surface area contributed by atoms with Gasteiger partial charge in [0.2, 0.25) is 11.8 Å². The number of hydrogen-bond donors (Lipinski definition) is 2. The lowest BCUT2D eigenvalue weighted by Gasteiger charge is -2.33. The quantitative estimate of drug-likeness (QED) is 0.711. The van der Waals surface area contributed by atoms with E-state index in [-0.39, 0.29) is 23.1 Å². The van der Waals surface area contributed by atoms with Crippen LogP contribution >= 0.6 is 0 Å². The molecule has 148 valence electrons. The van der Waals surface area contributed by atoms with Crippen molar-refractivity contribution in [2.75, 3.05) is 18.4 Å². The van der Waals surface area contributed by atoms with E-state index in [0.29, 0.717) is 6.42 Å². The fourth-order valence-electron chi connectivity index (χ4n) is 4.78. The Balaban J connectivity index is 1.17. The maximum atomic E-state index is 12.8. The number of piperidine rings is 1. The van der Waals surface area contributed by atoms with Crippen molar-refractivity contribution in [3.8, 4) is 0 Å². The van der Waals surface area contributed by atoms with Gasteiger partial charge < -0.3 is 15.2 Å². The Bertz CT molecular complexity index is 1050. The van der Waals surface area contributed by atoms with E-state index in [1.165, 1.54) is 0 Å². The Morgan fingerprint density at radius 1 is 1.03 bits per heavy atom. The van der Waals surface area contributed by atoms with Gasteiger partial charge >= 0.3 is 0 Å². The number of anilines is 1. The van der Waals surface area contributed by atoms with Crippen LogP contribution in [0.5, 0.6) is 0 Å². The highest BCUT2D eigenvalue weighted by Crippen LogP contribution is 2.59. The van der Waals surface area contributed by atoms with Gasteiger partial charge in [-0.2, -0.15) is 0 Å². The number of amides is 2. The monoisotopic (exact) mass is 387 g/mol. The summed E-state index contributed by atoms with van der Waals surface area (Å²) >= 11 is 0. The summed E-state index contributed by atoms with van der Waals surface area (Å²) in [6.07, 6.45) is 5.14. The SMILES string of the molecule is O=C(Nc1ccccc1)C1CC12CCN(C(=O)Cc1c[nH]c3ccccc13)CC2. The molecule has 1 saturated heterocycles. The lowest BCUT2D eigenvalue weighted by atomic mass is 9.90. The molecule has 29 heavy (non-hydrogen) atoms. The number of rotatable bonds is 4. The van der Waals surface area contributed by atoms with Crippen molar-refractivity contribution in [3.63, 3.8) is 0 Å². The molecule has 2 fully saturated rings. The number of hydrogen-bond acceptors (Lipinski definition) is 2. The average molecular weight is 387 g/mol. The first-order chi connectivity index (χ1) is 14.1. The second-order valence-electron chi connectivity index (χ2n) is 8.39. The molecule has 1 aliphatic heterocycles. The number of para-hydroxylation sites is 2. The second kappa shape index (κ2) is 7.07. The van der Waals surface area contributed by atoms with Gasteiger partial charge in [-0.15, -0.1) is 0 Å². The molecule has 0 radical (unpaired) electrons. The summed E-state index contributed by atoms with van der Waals surface area (Å²) in [5.41, 5.74) is 3.07. The molecule has 1 unspecified atom stereocenters. The highest BCUT2D eigenvalue weighted by atomic mass is 16.2. The standard InChI is InChI=1S/C24H25N3O2/c28-22(14-17-16-25-21-9-5-4-8-19(17)21)27-12-10-24(11-13-27)15-20(24)23(29)26-18-6-2-1-3-7-18/h1-9,16,20,25H,10-15H2,(H,26,29). The predicted octanol–water partition coefficient (Wildman–Crippen LogP) is 3.98. The molecule has 1 spiro atoms. The molecule has 2 aliphatic rings. The minimum Gasteiger partial charge on any atom is -0.361 e. The molecule has 1 aliphatic carbocycles. The van der Waals surface area contributed by atoms with Crippen molar-refractivity contribution in [3.05, 3.63) is 66.4 Å². The van der Waals surface area contributed by atoms with Crippen LogP contribution in [-0.4, -0.2) is 34.8 Å². The number of fused-ring (bicyclic) bond motifs is 1. The summed E-state index contributed by atoms with van der Waals surface area (Å²) in [4.78, 5) is 30.6. The van der Waals surface area contributed by atoms with Crippen LogP contribution in [0, 0.1) is 11.3 Å². The molecule has 2 aromatic carbocycles. The highest BCUT2D eigenvalue weighted by Gasteiger charge is 2.58. The zero-order valence-electron chi connectivity index (χ0n) is 16.4. The first-order valence-corrected chi connectivity index (χ1v) is 10.3. The van der Waals surface area contributed by atoms with E-state index in [2.05, 4.69) is 16.4 Å². The molecule has 0 bridgehead atoms. The van der Waals surface area contributed by atoms with Crippen molar-refractivity contribution in [2.24, 2.45) is 11.3 Å². The van der Waals surface area contributed by atoms with Crippen LogP contribution in [-0.2, 0) is 16.0 Å². The highest BCUT2D eigenvalue weighted by molar-refractivity contribution is 5.95. The number of carbonyl (C=O) groups excluding carboxylic acids is 2. The van der Waals surface area contributed by atoms with Crippen molar-refractivity contribution >= 4 is 28.4 Å². The first kappa shape index (κ1) is 18.0. The predicted molar refractivity (Wildman–Crippen MR) is 113 cm³/mol. The lowest BCUT2D eigenvalue weighted by molar-refractivity contribution is -0.132. The van der Waals surface area contributed by atoms with Crippen LogP contribution in [0.2, 0.25) is 0 Å². The smallest absolute Gasteiger partial charge is 0.228 e. The van der Waals surface area contributed by atoms with Gasteiger partial charge in [-0.1, -0.05) is 36.4 Å². The van der Waals surface area contributed by atoms with Crippen molar-refractivity contribution in [1.29, 1.82) is 0 Å². The van der Waals surface area contributed by atoms with Crippen LogP contribution in [0.15, 0.2) is 60.8 Å². The molecule has 2 amide bonds. The van der Waals surface area contributed by atoms with Gasteiger partial charge in [-0.25, -0.2) is 0 Å². The average Bonchev–Trinajstić information content (AvgIpc) is 3.30. The zero-order valence-corrected chi connectivity index (χ0v) is 16.4. The third-order valence-corrected chi connectivity index (χ3v) is 6.68. The molecular formula is C24H25N3O2. The molecular weight excluding hydrogens is 362 g/mol. The van der Waals surface area contributed by atoms with E-state index in [0.717, 1.165) is 54.5 Å². The summed E-state index contributed by atoms with van der Waals surface area (Å²) in [5, 5.41) is 4.15. The molecule has 3 aromatic rings. The molecule has 5 nitrogen and oxygen atoms in total. The Hall–Kier alpha value is -3.08. The molecule has 5 rings (SSSR count). The largest absolute Gasteiger partial charge is 0.361 e. The molecule has 1 atom stereocenters. The van der Waals surface area contributed by atoms with Crippen LogP contribution in [0.3, 0.4) is 0 Å². The zero-order chi connectivity index (χ0) is 19.8. The summed E-state index contributed by atoms with van der Waals surface area (Å²) in [6.45, 7) is 1.49. The number of nitrogens with one attached hydrogen (secondary N) is 2. The maximum Gasteiger partial charge on any atom is 0.228 e. The summed E-state index contributed by atoms with van der Waals surface area (Å²) < 4.78 is 0. The fraction of sp³-hybridized carbons (Fsp3) is 0.333. The minimum absolute atomic E-state index is 0.0774. The van der Waals surface area contributed by atoms with Crippen LogP contribution < -0.4 is 5.32 Å². The summed E-state index contributed by atoms with van der Waals surface area (Å²) in [7, 11) is 0. The number of likely N-dealkylation sites (tertiary alicyclic amines) is 1. The van der Waals surface area contributed by atoms with Crippen LogP contribution in [0.4, 0.5) is 5.69 Å². The van der Waals surface area contributed by atoms with Gasteiger partial charge in [0.15, 0.2) is 0 Å². The Morgan fingerprint density at radius 3 is 2.55 bits per heavy atom. The number of aromatic nitrogens is 1. The fourth-order valence-corrected chi connectivity index (χ4v) is 4.78. The normalized spacial score (nSPS) is 20.0. The van der Waals surface area contributed by atoms with E-state index >= 15 is 0 Å². The van der Waals surface area contributed by atoms with E-state index in [9.17, 15) is 9.59 Å².